The molecule has 0 heterocycles. The maximum absolute atomic E-state index is 2.25. The Labute approximate surface area is 103 Å². The molecule has 2 rings (SSSR count). The van der Waals surface area contributed by atoms with Gasteiger partial charge in [0.2, 0.25) is 0 Å². The van der Waals surface area contributed by atoms with Crippen LogP contribution in [0.1, 0.15) is 11.1 Å². The average Bonchev–Trinajstić information content (AvgIpc) is 2.32. The van der Waals surface area contributed by atoms with Crippen LogP contribution < -0.4 is 0 Å². The van der Waals surface area contributed by atoms with E-state index in [0.29, 0.717) is 0 Å². The second kappa shape index (κ2) is 6.02. The van der Waals surface area contributed by atoms with Gasteiger partial charge in [-0.25, -0.2) is 0 Å². The molecular formula is C14H14Hf. The summed E-state index contributed by atoms with van der Waals surface area (Å²) in [4.78, 5) is 0. The number of benzene rings is 2. The summed E-state index contributed by atoms with van der Waals surface area (Å²) in [6.07, 6.45) is 0. The molecule has 0 saturated carbocycles. The van der Waals surface area contributed by atoms with Gasteiger partial charge in [-0.3, -0.25) is 0 Å². The van der Waals surface area contributed by atoms with Gasteiger partial charge < -0.3 is 0 Å². The van der Waals surface area contributed by atoms with Crippen LogP contribution in [0, 0.1) is 0 Å². The minimum absolute atomic E-state index is 0.471. The normalized spacial score (nSPS) is 9.87. The SMILES string of the molecule is c1ccc([CH2][Hf][CH2]c2ccccc2)cc1. The zero-order valence-corrected chi connectivity index (χ0v) is 12.3. The predicted octanol–water partition coefficient (Wildman–Crippen LogP) is 3.47. The fourth-order valence-electron chi connectivity index (χ4n) is 1.54. The van der Waals surface area contributed by atoms with Crippen LogP contribution in [0.5, 0.6) is 0 Å². The third kappa shape index (κ3) is 3.75. The number of rotatable bonds is 4. The molecule has 0 nitrogen and oxygen atoms in total. The van der Waals surface area contributed by atoms with E-state index in [1.165, 1.54) is 19.5 Å². The first kappa shape index (κ1) is 10.8. The van der Waals surface area contributed by atoms with Gasteiger partial charge >= 0.3 is 103 Å². The predicted molar refractivity (Wildman–Crippen MR) is 60.3 cm³/mol. The van der Waals surface area contributed by atoms with Gasteiger partial charge in [0, 0.05) is 0 Å². The molecule has 0 aliphatic rings. The van der Waals surface area contributed by atoms with Gasteiger partial charge in [0.25, 0.3) is 0 Å². The van der Waals surface area contributed by atoms with Gasteiger partial charge in [-0.15, -0.1) is 0 Å². The van der Waals surface area contributed by atoms with Crippen molar-refractivity contribution in [1.82, 2.24) is 0 Å². The molecular weight excluding hydrogens is 347 g/mol. The second-order valence-corrected chi connectivity index (χ2v) is 7.91. The van der Waals surface area contributed by atoms with E-state index in [-0.39, 0.29) is 0 Å². The van der Waals surface area contributed by atoms with Crippen molar-refractivity contribution in [3.8, 4) is 0 Å². The van der Waals surface area contributed by atoms with Gasteiger partial charge in [0.05, 0.1) is 0 Å². The minimum atomic E-state index is -0.471. The first-order valence-electron chi connectivity index (χ1n) is 5.24. The Morgan fingerprint density at radius 3 is 1.40 bits per heavy atom. The molecule has 15 heavy (non-hydrogen) atoms. The molecule has 0 unspecified atom stereocenters. The Morgan fingerprint density at radius 2 is 1.00 bits per heavy atom. The van der Waals surface area contributed by atoms with Crippen molar-refractivity contribution in [3.05, 3.63) is 71.8 Å². The van der Waals surface area contributed by atoms with E-state index >= 15 is 0 Å². The summed E-state index contributed by atoms with van der Waals surface area (Å²) in [5.41, 5.74) is 3.05. The first-order chi connectivity index (χ1) is 7.45. The monoisotopic (exact) mass is 362 g/mol. The van der Waals surface area contributed by atoms with E-state index in [1.807, 2.05) is 0 Å². The fraction of sp³-hybridized carbons (Fsp3) is 0.143. The molecule has 0 aliphatic heterocycles. The quantitative estimate of drug-likeness (QED) is 0.732. The van der Waals surface area contributed by atoms with Crippen LogP contribution in [0.4, 0.5) is 0 Å². The van der Waals surface area contributed by atoms with Crippen LogP contribution in [0.2, 0.25) is 0 Å². The Bertz CT molecular complexity index is 341. The van der Waals surface area contributed by atoms with E-state index in [9.17, 15) is 0 Å². The van der Waals surface area contributed by atoms with Crippen LogP contribution in [-0.4, -0.2) is 0 Å². The third-order valence-corrected chi connectivity index (χ3v) is 7.07. The fourth-order valence-corrected chi connectivity index (χ4v) is 5.76. The molecule has 0 atom stereocenters. The molecule has 2 aromatic carbocycles. The van der Waals surface area contributed by atoms with Crippen molar-refractivity contribution in [1.29, 1.82) is 0 Å². The van der Waals surface area contributed by atoms with Gasteiger partial charge in [0.15, 0.2) is 0 Å². The van der Waals surface area contributed by atoms with E-state index in [1.54, 1.807) is 0 Å². The average molecular weight is 361 g/mol. The molecule has 0 spiro atoms. The molecule has 0 aromatic heterocycles. The van der Waals surface area contributed by atoms with Gasteiger partial charge in [-0.05, 0) is 0 Å². The third-order valence-electron chi connectivity index (χ3n) is 2.34. The van der Waals surface area contributed by atoms with Crippen molar-refractivity contribution in [2.24, 2.45) is 0 Å². The Morgan fingerprint density at radius 1 is 0.600 bits per heavy atom. The summed E-state index contributed by atoms with van der Waals surface area (Å²) >= 11 is -0.471. The van der Waals surface area contributed by atoms with E-state index in [2.05, 4.69) is 60.7 Å². The molecule has 0 fully saturated rings. The van der Waals surface area contributed by atoms with Crippen molar-refractivity contribution in [2.75, 3.05) is 0 Å². The Kier molecular flexibility index (Phi) is 4.34. The molecule has 1 heteroatoms. The molecule has 0 amide bonds. The number of hydrogen-bond acceptors (Lipinski definition) is 0. The second-order valence-electron chi connectivity index (χ2n) is 3.57. The molecule has 0 bridgehead atoms. The Hall–Kier alpha value is -0.690. The van der Waals surface area contributed by atoms with Crippen LogP contribution in [0.15, 0.2) is 60.7 Å². The summed E-state index contributed by atoms with van der Waals surface area (Å²) in [5.74, 6) is 0. The standard InChI is InChI=1S/2C7H7.Hf/c2*1-7-5-3-2-4-6-7;/h2*2-6H,1H2;. The summed E-state index contributed by atoms with van der Waals surface area (Å²) in [5, 5.41) is 0. The summed E-state index contributed by atoms with van der Waals surface area (Å²) < 4.78 is 2.74. The van der Waals surface area contributed by atoms with Crippen LogP contribution >= 0.6 is 0 Å². The zero-order valence-electron chi connectivity index (χ0n) is 8.69. The first-order valence-corrected chi connectivity index (χ1v) is 10.3. The van der Waals surface area contributed by atoms with Crippen LogP contribution in [0.3, 0.4) is 0 Å². The molecule has 2 aromatic rings. The topological polar surface area (TPSA) is 0 Å². The molecule has 0 N–H and O–H groups in total. The van der Waals surface area contributed by atoms with Gasteiger partial charge in [-0.2, -0.15) is 0 Å². The Balaban J connectivity index is 1.81. The molecule has 74 valence electrons. The summed E-state index contributed by atoms with van der Waals surface area (Å²) in [7, 11) is 0. The molecule has 0 saturated heterocycles. The van der Waals surface area contributed by atoms with E-state index < -0.39 is 22.9 Å². The van der Waals surface area contributed by atoms with Crippen molar-refractivity contribution in [2.45, 2.75) is 8.35 Å². The van der Waals surface area contributed by atoms with Crippen LogP contribution in [0.25, 0.3) is 0 Å². The van der Waals surface area contributed by atoms with Gasteiger partial charge in [0.1, 0.15) is 0 Å². The van der Waals surface area contributed by atoms with E-state index in [0.717, 1.165) is 0 Å². The van der Waals surface area contributed by atoms with Crippen LogP contribution in [-0.2, 0) is 31.3 Å². The number of hydrogen-bond donors (Lipinski definition) is 0. The molecule has 0 aliphatic carbocycles. The zero-order chi connectivity index (χ0) is 10.3. The molecule has 0 radical (unpaired) electrons. The van der Waals surface area contributed by atoms with Gasteiger partial charge in [-0.1, -0.05) is 0 Å². The summed E-state index contributed by atoms with van der Waals surface area (Å²) in [6, 6.07) is 21.7. The van der Waals surface area contributed by atoms with Crippen molar-refractivity contribution >= 4 is 0 Å². The van der Waals surface area contributed by atoms with Crippen molar-refractivity contribution < 1.29 is 22.9 Å². The van der Waals surface area contributed by atoms with E-state index in [4.69, 9.17) is 0 Å². The maximum atomic E-state index is 2.25. The van der Waals surface area contributed by atoms with Crippen molar-refractivity contribution in [3.63, 3.8) is 0 Å². The summed E-state index contributed by atoms with van der Waals surface area (Å²) in [6.45, 7) is 0.